The molecule has 0 aliphatic carbocycles. The van der Waals surface area contributed by atoms with Gasteiger partial charge in [0.15, 0.2) is 0 Å². The normalized spacial score (nSPS) is 23.4. The summed E-state index contributed by atoms with van der Waals surface area (Å²) in [5.41, 5.74) is 0.623. The summed E-state index contributed by atoms with van der Waals surface area (Å²) in [6.07, 6.45) is 3.04. The van der Waals surface area contributed by atoms with E-state index in [1.54, 1.807) is 23.0 Å². The Morgan fingerprint density at radius 2 is 2.00 bits per heavy atom. The highest BCUT2D eigenvalue weighted by Gasteiger charge is 2.53. The van der Waals surface area contributed by atoms with Crippen LogP contribution in [0.4, 0.5) is 0 Å². The third-order valence-electron chi connectivity index (χ3n) is 5.48. The number of aryl methyl sites for hydroxylation is 1. The summed E-state index contributed by atoms with van der Waals surface area (Å²) in [6.45, 7) is 3.39. The van der Waals surface area contributed by atoms with Crippen molar-refractivity contribution in [3.8, 4) is 5.75 Å². The molecule has 0 saturated carbocycles. The van der Waals surface area contributed by atoms with E-state index in [4.69, 9.17) is 4.74 Å². The molecule has 2 aliphatic heterocycles. The molecule has 1 unspecified atom stereocenters. The second-order valence-electron chi connectivity index (χ2n) is 6.86. The molecule has 1 N–H and O–H groups in total. The van der Waals surface area contributed by atoms with Crippen LogP contribution in [0.1, 0.15) is 41.6 Å². The van der Waals surface area contributed by atoms with Gasteiger partial charge in [0.05, 0.1) is 19.3 Å². The van der Waals surface area contributed by atoms with E-state index in [2.05, 4.69) is 0 Å². The summed E-state index contributed by atoms with van der Waals surface area (Å²) in [6, 6.07) is 5.53. The molecule has 6 heteroatoms. The molecule has 2 aliphatic rings. The van der Waals surface area contributed by atoms with Crippen molar-refractivity contribution in [3.05, 3.63) is 29.3 Å². The number of ether oxygens (including phenoxy) is 1. The first kappa shape index (κ1) is 17.7. The van der Waals surface area contributed by atoms with Crippen LogP contribution in [0, 0.1) is 6.92 Å². The maximum absolute atomic E-state index is 13.4. The molecule has 2 fully saturated rings. The SMILES string of the molecule is COc1cccc(C)c1C(=O)N1CCCC12CCCN(CCO)C2=O. The number of likely N-dealkylation sites (tertiary alicyclic amines) is 2. The van der Waals surface area contributed by atoms with E-state index >= 15 is 0 Å². The second-order valence-corrected chi connectivity index (χ2v) is 6.86. The van der Waals surface area contributed by atoms with Gasteiger partial charge in [-0.3, -0.25) is 9.59 Å². The van der Waals surface area contributed by atoms with Crippen molar-refractivity contribution in [2.24, 2.45) is 0 Å². The molecule has 2 amide bonds. The maximum atomic E-state index is 13.4. The fraction of sp³-hybridized carbons (Fsp3) is 0.579. The minimum Gasteiger partial charge on any atom is -0.496 e. The molecule has 1 aromatic rings. The number of aliphatic hydroxyl groups excluding tert-OH is 1. The molecule has 1 atom stereocenters. The zero-order valence-electron chi connectivity index (χ0n) is 15.0. The van der Waals surface area contributed by atoms with E-state index in [0.29, 0.717) is 43.8 Å². The topological polar surface area (TPSA) is 70.1 Å². The molecule has 2 heterocycles. The lowest BCUT2D eigenvalue weighted by Gasteiger charge is -2.44. The van der Waals surface area contributed by atoms with Gasteiger partial charge in [-0.15, -0.1) is 0 Å². The molecule has 0 bridgehead atoms. The van der Waals surface area contributed by atoms with Gasteiger partial charge in [-0.25, -0.2) is 0 Å². The van der Waals surface area contributed by atoms with Crippen LogP contribution in [0.5, 0.6) is 5.75 Å². The molecule has 6 nitrogen and oxygen atoms in total. The molecule has 2 saturated heterocycles. The standard InChI is InChI=1S/C19H26N2O4/c1-14-6-3-7-15(25-2)16(14)17(23)21-11-5-9-19(21)8-4-10-20(12-13-22)18(19)24/h3,6-7,22H,4-5,8-13H2,1-2H3. The Bertz CT molecular complexity index is 673. The fourth-order valence-electron chi connectivity index (χ4n) is 4.28. The summed E-state index contributed by atoms with van der Waals surface area (Å²) >= 11 is 0. The van der Waals surface area contributed by atoms with E-state index in [-0.39, 0.29) is 18.4 Å². The third-order valence-corrected chi connectivity index (χ3v) is 5.48. The largest absolute Gasteiger partial charge is 0.496 e. The van der Waals surface area contributed by atoms with Gasteiger partial charge >= 0.3 is 0 Å². The Morgan fingerprint density at radius 1 is 1.28 bits per heavy atom. The highest BCUT2D eigenvalue weighted by Crippen LogP contribution is 2.40. The molecule has 0 radical (unpaired) electrons. The van der Waals surface area contributed by atoms with Gasteiger partial charge in [0, 0.05) is 19.6 Å². The van der Waals surface area contributed by atoms with Gasteiger partial charge in [0.2, 0.25) is 5.91 Å². The number of amides is 2. The molecule has 3 rings (SSSR count). The van der Waals surface area contributed by atoms with E-state index in [9.17, 15) is 14.7 Å². The number of methoxy groups -OCH3 is 1. The van der Waals surface area contributed by atoms with E-state index < -0.39 is 5.54 Å². The van der Waals surface area contributed by atoms with Crippen molar-refractivity contribution in [3.63, 3.8) is 0 Å². The van der Waals surface area contributed by atoms with Crippen molar-refractivity contribution >= 4 is 11.8 Å². The van der Waals surface area contributed by atoms with Crippen molar-refractivity contribution in [1.82, 2.24) is 9.80 Å². The van der Waals surface area contributed by atoms with Crippen LogP contribution in [0.2, 0.25) is 0 Å². The summed E-state index contributed by atoms with van der Waals surface area (Å²) in [7, 11) is 1.56. The van der Waals surface area contributed by atoms with Crippen LogP contribution >= 0.6 is 0 Å². The Hall–Kier alpha value is -2.08. The molecular formula is C19H26N2O4. The summed E-state index contributed by atoms with van der Waals surface area (Å²) < 4.78 is 5.39. The number of nitrogens with zero attached hydrogens (tertiary/aromatic N) is 2. The van der Waals surface area contributed by atoms with Crippen molar-refractivity contribution < 1.29 is 19.4 Å². The highest BCUT2D eigenvalue weighted by molar-refractivity contribution is 6.02. The lowest BCUT2D eigenvalue weighted by atomic mass is 9.84. The first-order valence-electron chi connectivity index (χ1n) is 8.91. The maximum Gasteiger partial charge on any atom is 0.258 e. The summed E-state index contributed by atoms with van der Waals surface area (Å²) in [5.74, 6) is 0.389. The number of hydrogen-bond donors (Lipinski definition) is 1. The first-order valence-corrected chi connectivity index (χ1v) is 8.91. The van der Waals surface area contributed by atoms with Crippen molar-refractivity contribution in [2.45, 2.75) is 38.1 Å². The number of benzene rings is 1. The number of piperidine rings is 1. The van der Waals surface area contributed by atoms with Crippen LogP contribution in [-0.2, 0) is 4.79 Å². The van der Waals surface area contributed by atoms with E-state index in [1.165, 1.54) is 0 Å². The number of carbonyl (C=O) groups is 2. The van der Waals surface area contributed by atoms with Crippen molar-refractivity contribution in [2.75, 3.05) is 33.4 Å². The van der Waals surface area contributed by atoms with Crippen LogP contribution in [0.25, 0.3) is 0 Å². The fourth-order valence-corrected chi connectivity index (χ4v) is 4.28. The third kappa shape index (κ3) is 2.88. The van der Waals surface area contributed by atoms with Crippen molar-refractivity contribution in [1.29, 1.82) is 0 Å². The number of aliphatic hydroxyl groups is 1. The van der Waals surface area contributed by atoms with Crippen LogP contribution in [-0.4, -0.2) is 65.6 Å². The zero-order chi connectivity index (χ0) is 18.0. The Balaban J connectivity index is 1.97. The average molecular weight is 346 g/mol. The molecule has 136 valence electrons. The van der Waals surface area contributed by atoms with E-state index in [1.807, 2.05) is 19.1 Å². The Labute approximate surface area is 148 Å². The molecule has 0 aromatic heterocycles. The predicted molar refractivity (Wildman–Crippen MR) is 93.6 cm³/mol. The monoisotopic (exact) mass is 346 g/mol. The lowest BCUT2D eigenvalue weighted by molar-refractivity contribution is -0.146. The number of rotatable bonds is 4. The minimum absolute atomic E-state index is 0.0220. The van der Waals surface area contributed by atoms with E-state index in [0.717, 1.165) is 18.4 Å². The van der Waals surface area contributed by atoms with Gasteiger partial charge in [-0.1, -0.05) is 12.1 Å². The van der Waals surface area contributed by atoms with Crippen LogP contribution in [0.15, 0.2) is 18.2 Å². The zero-order valence-corrected chi connectivity index (χ0v) is 15.0. The second kappa shape index (κ2) is 7.04. The van der Waals surface area contributed by atoms with Gasteiger partial charge < -0.3 is 19.6 Å². The van der Waals surface area contributed by atoms with Gasteiger partial charge in [-0.05, 0) is 44.2 Å². The van der Waals surface area contributed by atoms with Crippen LogP contribution < -0.4 is 4.74 Å². The number of β-amino-alcohol motifs (C(OH)–C–C–N with tert-alkyl or cyclic N) is 1. The highest BCUT2D eigenvalue weighted by atomic mass is 16.5. The summed E-state index contributed by atoms with van der Waals surface area (Å²) in [5, 5.41) is 9.23. The van der Waals surface area contributed by atoms with Crippen LogP contribution in [0.3, 0.4) is 0 Å². The quantitative estimate of drug-likeness (QED) is 0.899. The van der Waals surface area contributed by atoms with Gasteiger partial charge in [-0.2, -0.15) is 0 Å². The molecule has 1 aromatic carbocycles. The number of carbonyl (C=O) groups excluding carboxylic acids is 2. The lowest BCUT2D eigenvalue weighted by Crippen LogP contribution is -2.61. The Morgan fingerprint density at radius 3 is 2.68 bits per heavy atom. The first-order chi connectivity index (χ1) is 12.0. The average Bonchev–Trinajstić information content (AvgIpc) is 3.03. The molecule has 1 spiro atoms. The Kier molecular flexibility index (Phi) is 4.99. The van der Waals surface area contributed by atoms with Gasteiger partial charge in [0.1, 0.15) is 11.3 Å². The minimum atomic E-state index is -0.766. The molecule has 25 heavy (non-hydrogen) atoms. The smallest absolute Gasteiger partial charge is 0.258 e. The number of hydrogen-bond acceptors (Lipinski definition) is 4. The summed E-state index contributed by atoms with van der Waals surface area (Å²) in [4.78, 5) is 29.9. The predicted octanol–water partition coefficient (Wildman–Crippen LogP) is 1.59. The molecular weight excluding hydrogens is 320 g/mol. The van der Waals surface area contributed by atoms with Gasteiger partial charge in [0.25, 0.3) is 5.91 Å².